The third kappa shape index (κ3) is 3.57. The van der Waals surface area contributed by atoms with Gasteiger partial charge in [0, 0.05) is 16.7 Å². The van der Waals surface area contributed by atoms with Gasteiger partial charge in [-0.15, -0.1) is 18.2 Å². The van der Waals surface area contributed by atoms with E-state index in [2.05, 4.69) is 23.4 Å². The summed E-state index contributed by atoms with van der Waals surface area (Å²) >= 11 is 1.66. The van der Waals surface area contributed by atoms with Gasteiger partial charge in [-0.05, 0) is 47.7 Å². The Labute approximate surface area is 139 Å². The lowest BCUT2D eigenvalue weighted by Crippen LogP contribution is -2.19. The molecule has 3 rings (SSSR count). The van der Waals surface area contributed by atoms with E-state index >= 15 is 0 Å². The summed E-state index contributed by atoms with van der Waals surface area (Å²) in [7, 11) is 0. The number of nitrogens with one attached hydrogen (secondary N) is 1. The Bertz CT molecular complexity index is 752. The summed E-state index contributed by atoms with van der Waals surface area (Å²) in [6.07, 6.45) is 7.37. The molecular formula is C19H17F2NS. The van der Waals surface area contributed by atoms with Gasteiger partial charge < -0.3 is 0 Å². The second kappa shape index (κ2) is 7.16. The average molecular weight is 329 g/mol. The summed E-state index contributed by atoms with van der Waals surface area (Å²) < 4.78 is 26.3. The first-order valence-electron chi connectivity index (χ1n) is 7.54. The molecule has 1 nitrogen and oxygen atoms in total. The average Bonchev–Trinajstić information content (AvgIpc) is 2.98. The lowest BCUT2D eigenvalue weighted by Gasteiger charge is -2.13. The molecule has 4 heteroatoms. The first-order valence-corrected chi connectivity index (χ1v) is 8.53. The second-order valence-corrected chi connectivity index (χ2v) is 6.55. The van der Waals surface area contributed by atoms with E-state index < -0.39 is 11.6 Å². The lowest BCUT2D eigenvalue weighted by atomic mass is 10.1. The Morgan fingerprint density at radius 3 is 2.87 bits per heavy atom. The van der Waals surface area contributed by atoms with E-state index in [-0.39, 0.29) is 0 Å². The highest BCUT2D eigenvalue weighted by Crippen LogP contribution is 2.38. The maximum Gasteiger partial charge on any atom is 0.159 e. The molecule has 1 unspecified atom stereocenters. The van der Waals surface area contributed by atoms with Crippen LogP contribution in [0.3, 0.4) is 0 Å². The van der Waals surface area contributed by atoms with Gasteiger partial charge in [0.25, 0.3) is 0 Å². The number of terminal acetylenes is 1. The van der Waals surface area contributed by atoms with Crippen molar-refractivity contribution in [3.8, 4) is 12.3 Å². The van der Waals surface area contributed by atoms with E-state index in [0.717, 1.165) is 18.4 Å². The minimum atomic E-state index is -0.804. The van der Waals surface area contributed by atoms with Crippen molar-refractivity contribution in [2.45, 2.75) is 29.5 Å². The SMILES string of the molecule is C#CCNC1CCc2c(SCc3ccc(F)c(F)c3)cccc21. The van der Waals surface area contributed by atoms with E-state index in [9.17, 15) is 8.78 Å². The molecule has 1 aliphatic carbocycles. The summed E-state index contributed by atoms with van der Waals surface area (Å²) in [4.78, 5) is 1.21. The fourth-order valence-electron chi connectivity index (χ4n) is 2.94. The lowest BCUT2D eigenvalue weighted by molar-refractivity contribution is 0.507. The molecule has 0 aromatic heterocycles. The Kier molecular flexibility index (Phi) is 5.00. The van der Waals surface area contributed by atoms with Crippen molar-refractivity contribution < 1.29 is 8.78 Å². The molecule has 0 aliphatic heterocycles. The summed E-state index contributed by atoms with van der Waals surface area (Å²) in [5, 5.41) is 3.37. The van der Waals surface area contributed by atoms with Gasteiger partial charge in [0.1, 0.15) is 0 Å². The molecule has 0 saturated heterocycles. The summed E-state index contributed by atoms with van der Waals surface area (Å²) in [6, 6.07) is 10.7. The van der Waals surface area contributed by atoms with Crippen LogP contribution in [0.4, 0.5) is 8.78 Å². The van der Waals surface area contributed by atoms with Crippen molar-refractivity contribution in [3.05, 3.63) is 64.7 Å². The third-order valence-electron chi connectivity index (χ3n) is 4.06. The van der Waals surface area contributed by atoms with Gasteiger partial charge in [0.15, 0.2) is 11.6 Å². The monoisotopic (exact) mass is 329 g/mol. The molecule has 0 bridgehead atoms. The first kappa shape index (κ1) is 16.0. The van der Waals surface area contributed by atoms with Crippen LogP contribution in [0.25, 0.3) is 0 Å². The fraction of sp³-hybridized carbons (Fsp3) is 0.263. The van der Waals surface area contributed by atoms with Gasteiger partial charge in [-0.25, -0.2) is 8.78 Å². The van der Waals surface area contributed by atoms with Crippen LogP contribution in [0, 0.1) is 24.0 Å². The highest BCUT2D eigenvalue weighted by Gasteiger charge is 2.23. The molecule has 0 amide bonds. The molecule has 0 heterocycles. The number of thioether (sulfide) groups is 1. The molecule has 1 aliphatic rings. The van der Waals surface area contributed by atoms with Crippen LogP contribution >= 0.6 is 11.8 Å². The molecule has 0 spiro atoms. The summed E-state index contributed by atoms with van der Waals surface area (Å²) in [6.45, 7) is 0.566. The van der Waals surface area contributed by atoms with Gasteiger partial charge >= 0.3 is 0 Å². The Hall–Kier alpha value is -1.83. The van der Waals surface area contributed by atoms with Crippen LogP contribution in [0.2, 0.25) is 0 Å². The van der Waals surface area contributed by atoms with Crippen molar-refractivity contribution >= 4 is 11.8 Å². The van der Waals surface area contributed by atoms with E-state index in [0.29, 0.717) is 18.3 Å². The van der Waals surface area contributed by atoms with Gasteiger partial charge in [-0.1, -0.05) is 24.1 Å². The van der Waals surface area contributed by atoms with Crippen LogP contribution in [0.1, 0.15) is 29.2 Å². The van der Waals surface area contributed by atoms with Crippen molar-refractivity contribution in [1.82, 2.24) is 5.32 Å². The Morgan fingerprint density at radius 1 is 1.22 bits per heavy atom. The second-order valence-electron chi connectivity index (χ2n) is 5.54. The predicted molar refractivity (Wildman–Crippen MR) is 90.3 cm³/mol. The van der Waals surface area contributed by atoms with Crippen LogP contribution in [0.15, 0.2) is 41.3 Å². The summed E-state index contributed by atoms with van der Waals surface area (Å²) in [5.41, 5.74) is 3.43. The Morgan fingerprint density at radius 2 is 2.09 bits per heavy atom. The van der Waals surface area contributed by atoms with Crippen LogP contribution in [-0.2, 0) is 12.2 Å². The molecule has 1 atom stereocenters. The smallest absolute Gasteiger partial charge is 0.159 e. The number of benzene rings is 2. The third-order valence-corrected chi connectivity index (χ3v) is 5.23. The molecule has 118 valence electrons. The van der Waals surface area contributed by atoms with Gasteiger partial charge in [0.05, 0.1) is 6.54 Å². The Balaban J connectivity index is 1.73. The molecule has 0 saturated carbocycles. The van der Waals surface area contributed by atoms with Crippen molar-refractivity contribution in [2.24, 2.45) is 0 Å². The summed E-state index contributed by atoms with van der Waals surface area (Å²) in [5.74, 6) is 1.64. The standard InChI is InChI=1S/C19H17F2NS/c1-2-10-22-18-9-7-15-14(18)4-3-5-19(15)23-12-13-6-8-16(20)17(21)11-13/h1,3-6,8,11,18,22H,7,9-10,12H2. The topological polar surface area (TPSA) is 12.0 Å². The van der Waals surface area contributed by atoms with Crippen molar-refractivity contribution in [2.75, 3.05) is 6.54 Å². The van der Waals surface area contributed by atoms with Gasteiger partial charge in [0.2, 0.25) is 0 Å². The van der Waals surface area contributed by atoms with E-state index in [1.807, 2.05) is 6.07 Å². The van der Waals surface area contributed by atoms with Crippen molar-refractivity contribution in [3.63, 3.8) is 0 Å². The molecule has 23 heavy (non-hydrogen) atoms. The van der Waals surface area contributed by atoms with Gasteiger partial charge in [-0.2, -0.15) is 0 Å². The van der Waals surface area contributed by atoms with E-state index in [4.69, 9.17) is 6.42 Å². The number of halogens is 2. The van der Waals surface area contributed by atoms with E-state index in [1.165, 1.54) is 28.2 Å². The highest BCUT2D eigenvalue weighted by atomic mass is 32.2. The minimum Gasteiger partial charge on any atom is -0.299 e. The maximum absolute atomic E-state index is 13.3. The molecule has 0 radical (unpaired) electrons. The largest absolute Gasteiger partial charge is 0.299 e. The molecule has 2 aromatic carbocycles. The molecule has 0 fully saturated rings. The first-order chi connectivity index (χ1) is 11.2. The quantitative estimate of drug-likeness (QED) is 0.642. The minimum absolute atomic E-state index is 0.310. The highest BCUT2D eigenvalue weighted by molar-refractivity contribution is 7.98. The van der Waals surface area contributed by atoms with Crippen molar-refractivity contribution in [1.29, 1.82) is 0 Å². The molecule has 2 aromatic rings. The van der Waals surface area contributed by atoms with E-state index in [1.54, 1.807) is 17.8 Å². The molecule has 1 N–H and O–H groups in total. The van der Waals surface area contributed by atoms with Gasteiger partial charge in [-0.3, -0.25) is 5.32 Å². The zero-order valence-electron chi connectivity index (χ0n) is 12.6. The zero-order valence-corrected chi connectivity index (χ0v) is 13.4. The number of rotatable bonds is 5. The normalized spacial score (nSPS) is 16.1. The molecular weight excluding hydrogens is 312 g/mol. The zero-order chi connectivity index (χ0) is 16.2. The maximum atomic E-state index is 13.3. The number of fused-ring (bicyclic) bond motifs is 1. The van der Waals surface area contributed by atoms with Crippen LogP contribution in [0.5, 0.6) is 0 Å². The fourth-order valence-corrected chi connectivity index (χ4v) is 4.01. The van der Waals surface area contributed by atoms with Crippen LogP contribution < -0.4 is 5.32 Å². The van der Waals surface area contributed by atoms with Crippen LogP contribution in [-0.4, -0.2) is 6.54 Å². The number of hydrogen-bond acceptors (Lipinski definition) is 2. The predicted octanol–water partition coefficient (Wildman–Crippen LogP) is 4.47. The number of hydrogen-bond donors (Lipinski definition) is 1.